The quantitative estimate of drug-likeness (QED) is 0.873. The Labute approximate surface area is 111 Å². The van der Waals surface area contributed by atoms with Crippen molar-refractivity contribution in [3.8, 4) is 0 Å². The number of halogens is 1. The van der Waals surface area contributed by atoms with Gasteiger partial charge in [0.15, 0.2) is 0 Å². The van der Waals surface area contributed by atoms with Crippen molar-refractivity contribution in [2.45, 2.75) is 19.3 Å². The maximum absolute atomic E-state index is 11.8. The largest absolute Gasteiger partial charge is 0.396 e. The second-order valence-corrected chi connectivity index (χ2v) is 4.79. The van der Waals surface area contributed by atoms with Crippen LogP contribution in [0.3, 0.4) is 0 Å². The number of nitrogens with one attached hydrogen (secondary N) is 1. The third-order valence-electron chi connectivity index (χ3n) is 2.97. The Kier molecular flexibility index (Phi) is 4.25. The van der Waals surface area contributed by atoms with Gasteiger partial charge in [-0.1, -0.05) is 11.6 Å². The Balaban J connectivity index is 1.79. The highest BCUT2D eigenvalue weighted by molar-refractivity contribution is 6.30. The monoisotopic (exact) mass is 268 g/mol. The van der Waals surface area contributed by atoms with Crippen molar-refractivity contribution in [3.63, 3.8) is 0 Å². The van der Waals surface area contributed by atoms with Gasteiger partial charge in [-0.3, -0.25) is 4.79 Å². The zero-order valence-corrected chi connectivity index (χ0v) is 10.9. The summed E-state index contributed by atoms with van der Waals surface area (Å²) in [6.45, 7) is 2.31. The van der Waals surface area contributed by atoms with Crippen LogP contribution in [0, 0.1) is 0 Å². The maximum atomic E-state index is 11.8. The van der Waals surface area contributed by atoms with Crippen LogP contribution in [-0.4, -0.2) is 35.4 Å². The first kappa shape index (κ1) is 13.0. The molecule has 1 saturated heterocycles. The summed E-state index contributed by atoms with van der Waals surface area (Å²) >= 11 is 5.76. The van der Waals surface area contributed by atoms with E-state index in [0.717, 1.165) is 25.9 Å². The Morgan fingerprint density at radius 1 is 1.50 bits per heavy atom. The summed E-state index contributed by atoms with van der Waals surface area (Å²) in [6.07, 6.45) is 4.22. The number of likely N-dealkylation sites (tertiary alicyclic amines) is 1. The predicted molar refractivity (Wildman–Crippen MR) is 72.6 cm³/mol. The molecule has 0 spiro atoms. The van der Waals surface area contributed by atoms with Gasteiger partial charge in [0.05, 0.1) is 10.7 Å². The molecule has 2 heterocycles. The second kappa shape index (κ2) is 5.91. The van der Waals surface area contributed by atoms with Crippen molar-refractivity contribution < 1.29 is 4.79 Å². The van der Waals surface area contributed by atoms with E-state index in [9.17, 15) is 4.79 Å². The van der Waals surface area contributed by atoms with Crippen LogP contribution < -0.4 is 11.1 Å². The van der Waals surface area contributed by atoms with Gasteiger partial charge >= 0.3 is 0 Å². The standard InChI is InChI=1S/C12H17ClN4O/c13-9-7-10(14)12(16-8-9)15-4-3-11(18)17-5-1-2-6-17/h7-8H,1-6,14H2,(H,15,16). The van der Waals surface area contributed by atoms with E-state index in [4.69, 9.17) is 17.3 Å². The normalized spacial score (nSPS) is 14.8. The van der Waals surface area contributed by atoms with Crippen molar-refractivity contribution in [1.82, 2.24) is 9.88 Å². The van der Waals surface area contributed by atoms with Gasteiger partial charge in [-0.15, -0.1) is 0 Å². The van der Waals surface area contributed by atoms with Crippen molar-refractivity contribution in [3.05, 3.63) is 17.3 Å². The Morgan fingerprint density at radius 3 is 2.89 bits per heavy atom. The predicted octanol–water partition coefficient (Wildman–Crippen LogP) is 1.74. The molecule has 0 aromatic carbocycles. The lowest BCUT2D eigenvalue weighted by atomic mass is 10.3. The number of hydrogen-bond donors (Lipinski definition) is 2. The fourth-order valence-corrected chi connectivity index (χ4v) is 2.18. The Hall–Kier alpha value is -1.49. The van der Waals surface area contributed by atoms with Crippen LogP contribution in [0.4, 0.5) is 11.5 Å². The van der Waals surface area contributed by atoms with Crippen LogP contribution >= 0.6 is 11.6 Å². The Bertz CT molecular complexity index is 432. The number of pyridine rings is 1. The summed E-state index contributed by atoms with van der Waals surface area (Å²) in [5, 5.41) is 3.56. The van der Waals surface area contributed by atoms with E-state index in [2.05, 4.69) is 10.3 Å². The molecule has 1 aliphatic heterocycles. The molecule has 5 nitrogen and oxygen atoms in total. The van der Waals surface area contributed by atoms with Crippen molar-refractivity contribution in [1.29, 1.82) is 0 Å². The summed E-state index contributed by atoms with van der Waals surface area (Å²) in [7, 11) is 0. The molecule has 0 atom stereocenters. The number of nitrogens with two attached hydrogens (primary N) is 1. The molecular weight excluding hydrogens is 252 g/mol. The summed E-state index contributed by atoms with van der Waals surface area (Å²) < 4.78 is 0. The molecule has 1 aromatic heterocycles. The van der Waals surface area contributed by atoms with Gasteiger partial charge in [0.25, 0.3) is 0 Å². The SMILES string of the molecule is Nc1cc(Cl)cnc1NCCC(=O)N1CCCC1. The lowest BCUT2D eigenvalue weighted by Crippen LogP contribution is -2.29. The van der Waals surface area contributed by atoms with Gasteiger partial charge in [-0.05, 0) is 18.9 Å². The van der Waals surface area contributed by atoms with Gasteiger partial charge in [-0.25, -0.2) is 4.98 Å². The van der Waals surface area contributed by atoms with Crippen LogP contribution in [0.5, 0.6) is 0 Å². The molecule has 0 saturated carbocycles. The van der Waals surface area contributed by atoms with Gasteiger partial charge in [0.1, 0.15) is 5.82 Å². The van der Waals surface area contributed by atoms with Crippen LogP contribution in [0.25, 0.3) is 0 Å². The van der Waals surface area contributed by atoms with Gasteiger partial charge in [-0.2, -0.15) is 0 Å². The molecule has 1 aliphatic rings. The number of rotatable bonds is 4. The van der Waals surface area contributed by atoms with E-state index in [1.807, 2.05) is 4.90 Å². The van der Waals surface area contributed by atoms with E-state index in [-0.39, 0.29) is 5.91 Å². The summed E-state index contributed by atoms with van der Waals surface area (Å²) in [5.74, 6) is 0.765. The third-order valence-corrected chi connectivity index (χ3v) is 3.18. The van der Waals surface area contributed by atoms with E-state index < -0.39 is 0 Å². The number of nitrogen functional groups attached to an aromatic ring is 1. The molecule has 0 radical (unpaired) electrons. The average Bonchev–Trinajstić information content (AvgIpc) is 2.85. The molecule has 3 N–H and O–H groups in total. The summed E-state index contributed by atoms with van der Waals surface area (Å²) in [5.41, 5.74) is 6.25. The molecule has 0 aliphatic carbocycles. The highest BCUT2D eigenvalue weighted by atomic mass is 35.5. The summed E-state index contributed by atoms with van der Waals surface area (Å²) in [4.78, 5) is 17.8. The minimum Gasteiger partial charge on any atom is -0.396 e. The smallest absolute Gasteiger partial charge is 0.224 e. The molecule has 0 unspecified atom stereocenters. The van der Waals surface area contributed by atoms with Crippen molar-refractivity contribution in [2.75, 3.05) is 30.7 Å². The number of amides is 1. The maximum Gasteiger partial charge on any atom is 0.224 e. The first-order chi connectivity index (χ1) is 8.66. The van der Waals surface area contributed by atoms with E-state index >= 15 is 0 Å². The van der Waals surface area contributed by atoms with Crippen LogP contribution in [0.2, 0.25) is 5.02 Å². The van der Waals surface area contributed by atoms with Crippen molar-refractivity contribution >= 4 is 29.0 Å². The number of carbonyl (C=O) groups excluding carboxylic acids is 1. The average molecular weight is 269 g/mol. The molecule has 0 bridgehead atoms. The van der Waals surface area contributed by atoms with Crippen LogP contribution in [0.1, 0.15) is 19.3 Å². The summed E-state index contributed by atoms with van der Waals surface area (Å²) in [6, 6.07) is 1.64. The molecule has 1 aromatic rings. The van der Waals surface area contributed by atoms with Gasteiger partial charge in [0.2, 0.25) is 5.91 Å². The Morgan fingerprint density at radius 2 is 2.22 bits per heavy atom. The molecule has 18 heavy (non-hydrogen) atoms. The molecule has 1 amide bonds. The minimum absolute atomic E-state index is 0.188. The molecule has 98 valence electrons. The minimum atomic E-state index is 0.188. The lowest BCUT2D eigenvalue weighted by molar-refractivity contribution is -0.129. The second-order valence-electron chi connectivity index (χ2n) is 4.36. The topological polar surface area (TPSA) is 71.2 Å². The molecular formula is C12H17ClN4O. The van der Waals surface area contributed by atoms with Crippen molar-refractivity contribution in [2.24, 2.45) is 0 Å². The van der Waals surface area contributed by atoms with Crippen LogP contribution in [0.15, 0.2) is 12.3 Å². The highest BCUT2D eigenvalue weighted by Crippen LogP contribution is 2.19. The highest BCUT2D eigenvalue weighted by Gasteiger charge is 2.17. The lowest BCUT2D eigenvalue weighted by Gasteiger charge is -2.15. The van der Waals surface area contributed by atoms with Crippen LogP contribution in [-0.2, 0) is 4.79 Å². The third kappa shape index (κ3) is 3.26. The fourth-order valence-electron chi connectivity index (χ4n) is 2.02. The zero-order valence-electron chi connectivity index (χ0n) is 10.2. The number of aromatic nitrogens is 1. The van der Waals surface area contributed by atoms with E-state index in [1.165, 1.54) is 6.20 Å². The van der Waals surface area contributed by atoms with E-state index in [1.54, 1.807) is 6.07 Å². The first-order valence-corrected chi connectivity index (χ1v) is 6.47. The molecule has 1 fully saturated rings. The van der Waals surface area contributed by atoms with E-state index in [0.29, 0.717) is 29.5 Å². The molecule has 2 rings (SSSR count). The number of nitrogens with zero attached hydrogens (tertiary/aromatic N) is 2. The number of carbonyl (C=O) groups is 1. The number of hydrogen-bond acceptors (Lipinski definition) is 4. The molecule has 6 heteroatoms. The fraction of sp³-hybridized carbons (Fsp3) is 0.500. The zero-order chi connectivity index (χ0) is 13.0. The van der Waals surface area contributed by atoms with Gasteiger partial charge in [0, 0.05) is 32.3 Å². The first-order valence-electron chi connectivity index (χ1n) is 6.09. The number of anilines is 2. The van der Waals surface area contributed by atoms with Gasteiger partial charge < -0.3 is 16.0 Å².